The number of carbonyl (C=O) groups is 2. The first-order valence-corrected chi connectivity index (χ1v) is 8.02. The van der Waals surface area contributed by atoms with Gasteiger partial charge in [0.05, 0.1) is 18.4 Å². The van der Waals surface area contributed by atoms with Gasteiger partial charge in [0, 0.05) is 50.8 Å². The molecule has 8 nitrogen and oxygen atoms in total. The molecular formula is C18H19N3O5. The van der Waals surface area contributed by atoms with Gasteiger partial charge in [-0.25, -0.2) is 4.79 Å². The summed E-state index contributed by atoms with van der Waals surface area (Å²) >= 11 is 0. The summed E-state index contributed by atoms with van der Waals surface area (Å²) in [6.07, 6.45) is 3.50. The molecule has 0 unspecified atom stereocenters. The summed E-state index contributed by atoms with van der Waals surface area (Å²) in [6.45, 7) is 0.661. The zero-order valence-corrected chi connectivity index (χ0v) is 14.5. The fourth-order valence-electron chi connectivity index (χ4n) is 2.59. The Bertz CT molecular complexity index is 900. The van der Waals surface area contributed by atoms with Crippen molar-refractivity contribution in [1.82, 2.24) is 14.9 Å². The summed E-state index contributed by atoms with van der Waals surface area (Å²) in [7, 11) is 3.27. The van der Waals surface area contributed by atoms with E-state index < -0.39 is 18.0 Å². The number of methoxy groups -OCH3 is 1. The molecule has 0 spiro atoms. The average Bonchev–Trinajstić information content (AvgIpc) is 3.23. The first-order valence-electron chi connectivity index (χ1n) is 8.02. The molecule has 0 radical (unpaired) electrons. The molecule has 0 saturated carbocycles. The molecule has 136 valence electrons. The molecule has 0 aliphatic carbocycles. The topological polar surface area (TPSA) is 95.6 Å². The van der Waals surface area contributed by atoms with Crippen LogP contribution in [0.5, 0.6) is 0 Å². The lowest BCUT2D eigenvalue weighted by molar-refractivity contribution is -0.130. The van der Waals surface area contributed by atoms with Gasteiger partial charge >= 0.3 is 5.97 Å². The van der Waals surface area contributed by atoms with Gasteiger partial charge in [-0.1, -0.05) is 6.07 Å². The van der Waals surface area contributed by atoms with Crippen LogP contribution in [0.1, 0.15) is 22.2 Å². The highest BCUT2D eigenvalue weighted by molar-refractivity contribution is 5.95. The Balaban J connectivity index is 1.82. The van der Waals surface area contributed by atoms with Crippen LogP contribution in [0.4, 0.5) is 0 Å². The predicted octanol–water partition coefficient (Wildman–Crippen LogP) is 1.83. The highest BCUT2D eigenvalue weighted by Crippen LogP contribution is 2.23. The highest BCUT2D eigenvalue weighted by Gasteiger charge is 2.27. The number of esters is 1. The van der Waals surface area contributed by atoms with Crippen molar-refractivity contribution in [2.45, 2.75) is 6.10 Å². The Kier molecular flexibility index (Phi) is 5.33. The van der Waals surface area contributed by atoms with Gasteiger partial charge < -0.3 is 23.8 Å². The van der Waals surface area contributed by atoms with E-state index in [9.17, 15) is 9.59 Å². The molecule has 3 aromatic rings. The number of pyridine rings is 1. The van der Waals surface area contributed by atoms with Gasteiger partial charge in [0.15, 0.2) is 5.58 Å². The van der Waals surface area contributed by atoms with Crippen molar-refractivity contribution in [1.29, 1.82) is 0 Å². The summed E-state index contributed by atoms with van der Waals surface area (Å²) in [5.41, 5.74) is 2.10. The maximum Gasteiger partial charge on any atom is 0.356 e. The third-order valence-corrected chi connectivity index (χ3v) is 3.93. The van der Waals surface area contributed by atoms with Gasteiger partial charge in [-0.2, -0.15) is 0 Å². The Morgan fingerprint density at radius 3 is 2.92 bits per heavy atom. The number of aromatic nitrogens is 2. The molecule has 3 aromatic heterocycles. The number of hydrogen-bond donors (Lipinski definition) is 1. The Hall–Kier alpha value is -3.13. The predicted molar refractivity (Wildman–Crippen MR) is 92.5 cm³/mol. The van der Waals surface area contributed by atoms with E-state index in [1.807, 2.05) is 0 Å². The van der Waals surface area contributed by atoms with Crippen molar-refractivity contribution in [3.63, 3.8) is 0 Å². The Morgan fingerprint density at radius 2 is 2.23 bits per heavy atom. The second kappa shape index (κ2) is 7.83. The third kappa shape index (κ3) is 3.60. The molecule has 1 atom stereocenters. The molecule has 0 fully saturated rings. The molecule has 26 heavy (non-hydrogen) atoms. The van der Waals surface area contributed by atoms with E-state index >= 15 is 0 Å². The Morgan fingerprint density at radius 1 is 1.38 bits per heavy atom. The zero-order chi connectivity index (χ0) is 18.5. The van der Waals surface area contributed by atoms with Gasteiger partial charge in [-0.15, -0.1) is 0 Å². The molecule has 8 heteroatoms. The van der Waals surface area contributed by atoms with Crippen molar-refractivity contribution < 1.29 is 23.5 Å². The monoisotopic (exact) mass is 357 g/mol. The molecule has 0 aliphatic rings. The largest absolute Gasteiger partial charge is 0.463 e. The number of carbonyl (C=O) groups excluding carboxylic acids is 2. The number of ether oxygens (including phenoxy) is 2. The standard InChI is InChI=1S/C18H19N3O5/c1-21-13-5-8-25-15(13)10-14(21)18(23)26-16(12-4-3-6-19-11-12)17(22)20-7-9-24-2/h3-6,8,10-11,16H,7,9H2,1-2H3,(H,20,22)/t16-/m1/s1. The lowest BCUT2D eigenvalue weighted by Gasteiger charge is -2.18. The minimum absolute atomic E-state index is 0.290. The summed E-state index contributed by atoms with van der Waals surface area (Å²) < 4.78 is 17.4. The van der Waals surface area contributed by atoms with Crippen molar-refractivity contribution >= 4 is 23.0 Å². The number of fused-ring (bicyclic) bond motifs is 1. The van der Waals surface area contributed by atoms with Gasteiger partial charge in [-0.05, 0) is 6.07 Å². The highest BCUT2D eigenvalue weighted by atomic mass is 16.5. The van der Waals surface area contributed by atoms with Crippen LogP contribution in [0.3, 0.4) is 0 Å². The van der Waals surface area contributed by atoms with Crippen molar-refractivity contribution in [3.8, 4) is 0 Å². The maximum atomic E-state index is 12.6. The second-order valence-corrected chi connectivity index (χ2v) is 5.61. The number of nitrogens with zero attached hydrogens (tertiary/aromatic N) is 2. The summed E-state index contributed by atoms with van der Waals surface area (Å²) in [5.74, 6) is -1.07. The first kappa shape index (κ1) is 17.7. The lowest BCUT2D eigenvalue weighted by Crippen LogP contribution is -2.34. The van der Waals surface area contributed by atoms with Gasteiger partial charge in [-0.3, -0.25) is 9.78 Å². The number of aryl methyl sites for hydroxylation is 1. The smallest absolute Gasteiger partial charge is 0.356 e. The van der Waals surface area contributed by atoms with E-state index in [4.69, 9.17) is 13.9 Å². The summed E-state index contributed by atoms with van der Waals surface area (Å²) in [5, 5.41) is 2.68. The van der Waals surface area contributed by atoms with Crippen LogP contribution in [0, 0.1) is 0 Å². The van der Waals surface area contributed by atoms with E-state index in [1.165, 1.54) is 13.3 Å². The van der Waals surface area contributed by atoms with E-state index in [0.717, 1.165) is 5.52 Å². The van der Waals surface area contributed by atoms with Crippen LogP contribution in [0.2, 0.25) is 0 Å². The van der Waals surface area contributed by atoms with Crippen LogP contribution in [0.15, 0.2) is 47.3 Å². The average molecular weight is 357 g/mol. The molecule has 3 rings (SSSR count). The SMILES string of the molecule is COCCNC(=O)[C@H](OC(=O)c1cc2occc2n1C)c1cccnc1. The van der Waals surface area contributed by atoms with E-state index in [-0.39, 0.29) is 5.69 Å². The molecule has 3 heterocycles. The van der Waals surface area contributed by atoms with Crippen LogP contribution < -0.4 is 5.32 Å². The fraction of sp³-hybridized carbons (Fsp3) is 0.278. The third-order valence-electron chi connectivity index (χ3n) is 3.93. The van der Waals surface area contributed by atoms with Gasteiger partial charge in [0.1, 0.15) is 5.69 Å². The van der Waals surface area contributed by atoms with E-state index in [1.54, 1.807) is 48.3 Å². The molecule has 0 saturated heterocycles. The van der Waals surface area contributed by atoms with Crippen LogP contribution in [0.25, 0.3) is 11.1 Å². The number of furan rings is 1. The maximum absolute atomic E-state index is 12.6. The van der Waals surface area contributed by atoms with E-state index in [2.05, 4.69) is 10.3 Å². The zero-order valence-electron chi connectivity index (χ0n) is 14.5. The quantitative estimate of drug-likeness (QED) is 0.512. The number of rotatable bonds is 7. The number of amides is 1. The molecule has 1 amide bonds. The fourth-order valence-corrected chi connectivity index (χ4v) is 2.59. The molecular weight excluding hydrogens is 338 g/mol. The molecule has 0 bridgehead atoms. The number of nitrogens with one attached hydrogen (secondary N) is 1. The van der Waals surface area contributed by atoms with Crippen molar-refractivity contribution in [3.05, 3.63) is 54.2 Å². The van der Waals surface area contributed by atoms with Crippen LogP contribution >= 0.6 is 0 Å². The molecule has 1 N–H and O–H groups in total. The molecule has 0 aliphatic heterocycles. The minimum atomic E-state index is -1.12. The second-order valence-electron chi connectivity index (χ2n) is 5.61. The van der Waals surface area contributed by atoms with Crippen LogP contribution in [-0.2, 0) is 21.3 Å². The lowest BCUT2D eigenvalue weighted by atomic mass is 10.1. The van der Waals surface area contributed by atoms with Crippen LogP contribution in [-0.4, -0.2) is 41.7 Å². The van der Waals surface area contributed by atoms with Crippen molar-refractivity contribution in [2.75, 3.05) is 20.3 Å². The van der Waals surface area contributed by atoms with Gasteiger partial charge in [0.25, 0.3) is 5.91 Å². The number of hydrogen-bond acceptors (Lipinski definition) is 6. The van der Waals surface area contributed by atoms with E-state index in [0.29, 0.717) is 24.3 Å². The minimum Gasteiger partial charge on any atom is -0.463 e. The summed E-state index contributed by atoms with van der Waals surface area (Å²) in [4.78, 5) is 29.1. The normalized spacial score (nSPS) is 12.1. The van der Waals surface area contributed by atoms with Gasteiger partial charge in [0.2, 0.25) is 6.10 Å². The Labute approximate surface area is 149 Å². The summed E-state index contributed by atoms with van der Waals surface area (Å²) in [6, 6.07) is 6.69. The van der Waals surface area contributed by atoms with Crippen molar-refractivity contribution in [2.24, 2.45) is 7.05 Å². The first-order chi connectivity index (χ1) is 12.6. The molecule has 0 aromatic carbocycles.